The largest absolute Gasteiger partial charge is 0.496 e. The number of hydrogen-bond acceptors (Lipinski definition) is 3. The molecule has 0 spiro atoms. The standard InChI is InChI=1S/C17H26FNO2/c1-3-13-7-4-5-11-19(13)12-10-15(20)17-14(18)8-6-9-16(17)21-2/h6,8-9,13,15,20H,3-5,7,10-12H2,1-2H3. The van der Waals surface area contributed by atoms with E-state index in [-0.39, 0.29) is 5.56 Å². The lowest BCUT2D eigenvalue weighted by Crippen LogP contribution is -2.40. The fourth-order valence-electron chi connectivity index (χ4n) is 3.27. The van der Waals surface area contributed by atoms with E-state index in [1.165, 1.54) is 32.4 Å². The van der Waals surface area contributed by atoms with Gasteiger partial charge in [0.05, 0.1) is 18.8 Å². The maximum atomic E-state index is 13.9. The minimum Gasteiger partial charge on any atom is -0.496 e. The molecule has 21 heavy (non-hydrogen) atoms. The highest BCUT2D eigenvalue weighted by Crippen LogP contribution is 2.30. The lowest BCUT2D eigenvalue weighted by atomic mass is 9.98. The predicted octanol–water partition coefficient (Wildman–Crippen LogP) is 3.52. The van der Waals surface area contributed by atoms with Gasteiger partial charge in [-0.3, -0.25) is 0 Å². The molecule has 2 atom stereocenters. The molecule has 0 bridgehead atoms. The molecule has 0 amide bonds. The van der Waals surface area contributed by atoms with Crippen molar-refractivity contribution >= 4 is 0 Å². The van der Waals surface area contributed by atoms with Gasteiger partial charge in [-0.1, -0.05) is 19.4 Å². The number of nitrogens with zero attached hydrogens (tertiary/aromatic N) is 1. The third kappa shape index (κ3) is 3.95. The van der Waals surface area contributed by atoms with Crippen LogP contribution in [0.4, 0.5) is 4.39 Å². The quantitative estimate of drug-likeness (QED) is 0.871. The average Bonchev–Trinajstić information content (AvgIpc) is 2.52. The first kappa shape index (κ1) is 16.2. The Labute approximate surface area is 126 Å². The number of ether oxygens (including phenoxy) is 1. The van der Waals surface area contributed by atoms with E-state index in [1.54, 1.807) is 12.1 Å². The predicted molar refractivity (Wildman–Crippen MR) is 82.0 cm³/mol. The second kappa shape index (κ2) is 7.76. The highest BCUT2D eigenvalue weighted by molar-refractivity contribution is 5.36. The fraction of sp³-hybridized carbons (Fsp3) is 0.647. The molecular weight excluding hydrogens is 269 g/mol. The van der Waals surface area contributed by atoms with Crippen molar-refractivity contribution < 1.29 is 14.2 Å². The zero-order valence-corrected chi connectivity index (χ0v) is 13.0. The molecule has 1 aliphatic heterocycles. The van der Waals surface area contributed by atoms with Crippen molar-refractivity contribution in [2.45, 2.75) is 51.2 Å². The van der Waals surface area contributed by atoms with E-state index in [9.17, 15) is 9.50 Å². The third-order valence-corrected chi connectivity index (χ3v) is 4.48. The van der Waals surface area contributed by atoms with Crippen LogP contribution in [0.2, 0.25) is 0 Å². The van der Waals surface area contributed by atoms with Gasteiger partial charge in [-0.2, -0.15) is 0 Å². The Morgan fingerprint density at radius 1 is 1.43 bits per heavy atom. The smallest absolute Gasteiger partial charge is 0.132 e. The van der Waals surface area contributed by atoms with E-state index >= 15 is 0 Å². The molecular formula is C17H26FNO2. The molecule has 1 aliphatic rings. The van der Waals surface area contributed by atoms with Gasteiger partial charge in [0.2, 0.25) is 0 Å². The Balaban J connectivity index is 2.00. The van der Waals surface area contributed by atoms with Gasteiger partial charge in [-0.15, -0.1) is 0 Å². The Morgan fingerprint density at radius 2 is 2.24 bits per heavy atom. The summed E-state index contributed by atoms with van der Waals surface area (Å²) in [5.41, 5.74) is 0.282. The molecule has 2 unspecified atom stereocenters. The van der Waals surface area contributed by atoms with Crippen LogP contribution in [-0.4, -0.2) is 36.2 Å². The van der Waals surface area contributed by atoms with Crippen LogP contribution in [0, 0.1) is 5.82 Å². The average molecular weight is 295 g/mol. The third-order valence-electron chi connectivity index (χ3n) is 4.48. The van der Waals surface area contributed by atoms with Gasteiger partial charge < -0.3 is 14.7 Å². The summed E-state index contributed by atoms with van der Waals surface area (Å²) in [4.78, 5) is 2.43. The van der Waals surface area contributed by atoms with Gasteiger partial charge in [-0.05, 0) is 44.4 Å². The zero-order chi connectivity index (χ0) is 15.2. The SMILES string of the molecule is CCC1CCCCN1CCC(O)c1c(F)cccc1OC. The molecule has 1 saturated heterocycles. The summed E-state index contributed by atoms with van der Waals surface area (Å²) in [5, 5.41) is 10.4. The number of likely N-dealkylation sites (tertiary alicyclic amines) is 1. The van der Waals surface area contributed by atoms with Crippen LogP contribution in [0.3, 0.4) is 0 Å². The number of hydrogen-bond donors (Lipinski definition) is 1. The van der Waals surface area contributed by atoms with E-state index in [1.807, 2.05) is 0 Å². The first-order valence-corrected chi connectivity index (χ1v) is 7.91. The second-order valence-corrected chi connectivity index (χ2v) is 5.75. The summed E-state index contributed by atoms with van der Waals surface area (Å²) in [6.45, 7) is 4.09. The van der Waals surface area contributed by atoms with Crippen LogP contribution in [-0.2, 0) is 0 Å². The molecule has 0 saturated carbocycles. The van der Waals surface area contributed by atoms with Crippen molar-refractivity contribution in [3.05, 3.63) is 29.6 Å². The van der Waals surface area contributed by atoms with Gasteiger partial charge in [0.25, 0.3) is 0 Å². The van der Waals surface area contributed by atoms with E-state index in [0.717, 1.165) is 19.5 Å². The van der Waals surface area contributed by atoms with Crippen LogP contribution in [0.5, 0.6) is 5.75 Å². The maximum absolute atomic E-state index is 13.9. The molecule has 1 N–H and O–H groups in total. The number of aliphatic hydroxyl groups is 1. The molecule has 1 aromatic rings. The van der Waals surface area contributed by atoms with Crippen LogP contribution in [0.25, 0.3) is 0 Å². The van der Waals surface area contributed by atoms with Gasteiger partial charge in [0, 0.05) is 12.6 Å². The second-order valence-electron chi connectivity index (χ2n) is 5.75. The number of aliphatic hydroxyl groups excluding tert-OH is 1. The van der Waals surface area contributed by atoms with Crippen LogP contribution >= 0.6 is 0 Å². The topological polar surface area (TPSA) is 32.7 Å². The van der Waals surface area contributed by atoms with Crippen molar-refractivity contribution in [1.29, 1.82) is 0 Å². The minimum atomic E-state index is -0.819. The number of benzene rings is 1. The lowest BCUT2D eigenvalue weighted by molar-refractivity contribution is 0.0981. The molecule has 2 rings (SSSR count). The van der Waals surface area contributed by atoms with Crippen molar-refractivity contribution in [3.63, 3.8) is 0 Å². The summed E-state index contributed by atoms with van der Waals surface area (Å²) >= 11 is 0. The van der Waals surface area contributed by atoms with Gasteiger partial charge in [0.1, 0.15) is 11.6 Å². The fourth-order valence-corrected chi connectivity index (χ4v) is 3.27. The van der Waals surface area contributed by atoms with Crippen LogP contribution in [0.1, 0.15) is 50.7 Å². The van der Waals surface area contributed by atoms with Crippen LogP contribution < -0.4 is 4.74 Å². The Kier molecular flexibility index (Phi) is 6.00. The summed E-state index contributed by atoms with van der Waals surface area (Å²) in [6.07, 6.45) is 4.59. The highest BCUT2D eigenvalue weighted by Gasteiger charge is 2.23. The summed E-state index contributed by atoms with van der Waals surface area (Å²) < 4.78 is 19.1. The molecule has 0 radical (unpaired) electrons. The normalized spacial score (nSPS) is 21.2. The molecule has 118 valence electrons. The lowest BCUT2D eigenvalue weighted by Gasteiger charge is -2.35. The van der Waals surface area contributed by atoms with E-state index in [0.29, 0.717) is 18.2 Å². The first-order chi connectivity index (χ1) is 10.2. The summed E-state index contributed by atoms with van der Waals surface area (Å²) in [6, 6.07) is 5.27. The van der Waals surface area contributed by atoms with Crippen LogP contribution in [0.15, 0.2) is 18.2 Å². The number of methoxy groups -OCH3 is 1. The van der Waals surface area contributed by atoms with Crippen molar-refractivity contribution in [1.82, 2.24) is 4.90 Å². The van der Waals surface area contributed by atoms with Gasteiger partial charge >= 0.3 is 0 Å². The van der Waals surface area contributed by atoms with Crippen molar-refractivity contribution in [3.8, 4) is 5.75 Å². The molecule has 4 heteroatoms. The van der Waals surface area contributed by atoms with Crippen molar-refractivity contribution in [2.24, 2.45) is 0 Å². The van der Waals surface area contributed by atoms with Gasteiger partial charge in [0.15, 0.2) is 0 Å². The van der Waals surface area contributed by atoms with E-state index in [4.69, 9.17) is 4.74 Å². The maximum Gasteiger partial charge on any atom is 0.132 e. The molecule has 0 aromatic heterocycles. The Hall–Kier alpha value is -1.13. The number of piperidine rings is 1. The molecule has 1 heterocycles. The van der Waals surface area contributed by atoms with Crippen molar-refractivity contribution in [2.75, 3.05) is 20.2 Å². The minimum absolute atomic E-state index is 0.282. The monoisotopic (exact) mass is 295 g/mol. The highest BCUT2D eigenvalue weighted by atomic mass is 19.1. The van der Waals surface area contributed by atoms with Gasteiger partial charge in [-0.25, -0.2) is 4.39 Å². The molecule has 1 aromatic carbocycles. The Bertz CT molecular complexity index is 452. The van der Waals surface area contributed by atoms with E-state index in [2.05, 4.69) is 11.8 Å². The molecule has 3 nitrogen and oxygen atoms in total. The summed E-state index contributed by atoms with van der Waals surface area (Å²) in [5.74, 6) is 0.0284. The molecule has 1 fully saturated rings. The zero-order valence-electron chi connectivity index (χ0n) is 13.0. The van der Waals surface area contributed by atoms with E-state index < -0.39 is 11.9 Å². The first-order valence-electron chi connectivity index (χ1n) is 7.91. The Morgan fingerprint density at radius 3 is 2.95 bits per heavy atom. The summed E-state index contributed by atoms with van der Waals surface area (Å²) in [7, 11) is 1.50. The molecule has 0 aliphatic carbocycles. The number of rotatable bonds is 6. The number of halogens is 1.